The van der Waals surface area contributed by atoms with Gasteiger partial charge in [0, 0.05) is 16.0 Å². The van der Waals surface area contributed by atoms with Gasteiger partial charge in [0.05, 0.1) is 38.3 Å². The van der Waals surface area contributed by atoms with Gasteiger partial charge >= 0.3 is 0 Å². The molecular weight excluding hydrogens is 561 g/mol. The van der Waals surface area contributed by atoms with E-state index in [0.29, 0.717) is 37.4 Å². The van der Waals surface area contributed by atoms with E-state index in [-0.39, 0.29) is 27.2 Å². The van der Waals surface area contributed by atoms with Crippen LogP contribution >= 0.6 is 57.9 Å². The molecule has 6 nitrogen and oxygen atoms in total. The molecule has 0 aliphatic heterocycles. The number of amides is 1. The molecule has 0 radical (unpaired) electrons. The van der Waals surface area contributed by atoms with Crippen LogP contribution in [0.2, 0.25) is 15.1 Å². The fourth-order valence-electron chi connectivity index (χ4n) is 3.57. The number of halogens is 3. The van der Waals surface area contributed by atoms with Gasteiger partial charge in [-0.2, -0.15) is 0 Å². The van der Waals surface area contributed by atoms with Crippen LogP contribution < -0.4 is 10.9 Å². The first-order chi connectivity index (χ1) is 17.3. The lowest BCUT2D eigenvalue weighted by Gasteiger charge is -2.17. The second kappa shape index (κ2) is 10.3. The SMILES string of the molecule is C[C@H](Sc1nc2scc(-c3ccco3)c2c(=O)n1-c1ccccc1)C(=O)Nc1c(Cl)cc(Cl)cc1Cl. The molecule has 5 rings (SSSR count). The number of benzene rings is 2. The smallest absolute Gasteiger partial charge is 0.268 e. The van der Waals surface area contributed by atoms with Gasteiger partial charge in [-0.1, -0.05) is 64.8 Å². The van der Waals surface area contributed by atoms with Crippen LogP contribution in [0.15, 0.2) is 80.6 Å². The van der Waals surface area contributed by atoms with Crippen LogP contribution in [-0.2, 0) is 4.79 Å². The van der Waals surface area contributed by atoms with Crippen molar-refractivity contribution in [2.45, 2.75) is 17.3 Å². The van der Waals surface area contributed by atoms with E-state index in [9.17, 15) is 9.59 Å². The minimum Gasteiger partial charge on any atom is -0.464 e. The number of hydrogen-bond donors (Lipinski definition) is 1. The summed E-state index contributed by atoms with van der Waals surface area (Å²) < 4.78 is 7.05. The van der Waals surface area contributed by atoms with Gasteiger partial charge in [0.1, 0.15) is 10.6 Å². The van der Waals surface area contributed by atoms with Gasteiger partial charge in [-0.15, -0.1) is 11.3 Å². The molecule has 2 aromatic carbocycles. The molecule has 0 unspecified atom stereocenters. The molecule has 3 aromatic heterocycles. The zero-order valence-electron chi connectivity index (χ0n) is 18.5. The molecule has 0 spiro atoms. The quantitative estimate of drug-likeness (QED) is 0.165. The van der Waals surface area contributed by atoms with Crippen molar-refractivity contribution in [3.8, 4) is 17.0 Å². The number of thiophene rings is 1. The van der Waals surface area contributed by atoms with Crippen molar-refractivity contribution in [1.82, 2.24) is 9.55 Å². The number of furan rings is 1. The van der Waals surface area contributed by atoms with Crippen LogP contribution in [0.5, 0.6) is 0 Å². The van der Waals surface area contributed by atoms with Crippen LogP contribution in [0.3, 0.4) is 0 Å². The number of nitrogens with zero attached hydrogens (tertiary/aromatic N) is 2. The molecule has 0 aliphatic carbocycles. The summed E-state index contributed by atoms with van der Waals surface area (Å²) in [5, 5.41) is 5.61. The largest absolute Gasteiger partial charge is 0.464 e. The summed E-state index contributed by atoms with van der Waals surface area (Å²) in [4.78, 5) is 32.2. The number of anilines is 1. The van der Waals surface area contributed by atoms with Gasteiger partial charge in [0.2, 0.25) is 5.91 Å². The zero-order valence-corrected chi connectivity index (χ0v) is 22.4. The van der Waals surface area contributed by atoms with E-state index in [0.717, 1.165) is 11.8 Å². The summed E-state index contributed by atoms with van der Waals surface area (Å²) in [5.41, 5.74) is 1.33. The Morgan fingerprint density at radius 2 is 1.83 bits per heavy atom. The number of carbonyl (C=O) groups excluding carboxylic acids is 1. The van der Waals surface area contributed by atoms with Gasteiger partial charge in [-0.25, -0.2) is 4.98 Å². The van der Waals surface area contributed by atoms with E-state index in [1.54, 1.807) is 25.3 Å². The Balaban J connectivity index is 1.55. The Bertz CT molecular complexity index is 1610. The van der Waals surface area contributed by atoms with Gasteiger partial charge in [-0.05, 0) is 43.3 Å². The number of rotatable bonds is 6. The Morgan fingerprint density at radius 3 is 2.50 bits per heavy atom. The first kappa shape index (κ1) is 24.9. The molecule has 0 aliphatic rings. The van der Waals surface area contributed by atoms with Crippen molar-refractivity contribution in [3.63, 3.8) is 0 Å². The van der Waals surface area contributed by atoms with E-state index in [1.165, 1.54) is 28.0 Å². The number of thioether (sulfide) groups is 1. The highest BCUT2D eigenvalue weighted by molar-refractivity contribution is 8.00. The van der Waals surface area contributed by atoms with Crippen LogP contribution in [0.25, 0.3) is 27.2 Å². The third-order valence-corrected chi connectivity index (χ3v) is 8.02. The highest BCUT2D eigenvalue weighted by Gasteiger charge is 2.24. The van der Waals surface area contributed by atoms with Crippen molar-refractivity contribution in [1.29, 1.82) is 0 Å². The maximum absolute atomic E-state index is 13.8. The average molecular weight is 577 g/mol. The number of fused-ring (bicyclic) bond motifs is 1. The molecule has 182 valence electrons. The number of nitrogens with one attached hydrogen (secondary N) is 1. The second-order valence-corrected chi connectivity index (χ2v) is 11.1. The summed E-state index contributed by atoms with van der Waals surface area (Å²) >= 11 is 20.9. The molecule has 36 heavy (non-hydrogen) atoms. The van der Waals surface area contributed by atoms with Crippen LogP contribution in [0.1, 0.15) is 6.92 Å². The van der Waals surface area contributed by atoms with Gasteiger partial charge in [0.15, 0.2) is 5.16 Å². The zero-order chi connectivity index (χ0) is 25.4. The first-order valence-electron chi connectivity index (χ1n) is 10.6. The Hall–Kier alpha value is -2.75. The fourth-order valence-corrected chi connectivity index (χ4v) is 6.37. The van der Waals surface area contributed by atoms with Gasteiger partial charge in [0.25, 0.3) is 5.56 Å². The molecule has 11 heteroatoms. The second-order valence-electron chi connectivity index (χ2n) is 7.67. The molecule has 1 N–H and O–H groups in total. The lowest BCUT2D eigenvalue weighted by molar-refractivity contribution is -0.115. The molecule has 1 amide bonds. The van der Waals surface area contributed by atoms with E-state index < -0.39 is 5.25 Å². The molecule has 0 fully saturated rings. The molecule has 0 saturated carbocycles. The molecule has 5 aromatic rings. The maximum Gasteiger partial charge on any atom is 0.268 e. The third kappa shape index (κ3) is 4.79. The standard InChI is InChI=1S/C25H16Cl3N3O3S2/c1-13(22(32)29-21-17(27)10-14(26)11-18(21)28)36-25-30-23-20(16(12-35-23)19-8-5-9-34-19)24(33)31(25)15-6-3-2-4-7-15/h2-13H,1H3,(H,29,32)/t13-/m0/s1. The summed E-state index contributed by atoms with van der Waals surface area (Å²) in [6, 6.07) is 15.7. The highest BCUT2D eigenvalue weighted by Crippen LogP contribution is 2.36. The Labute approximate surface area is 228 Å². The first-order valence-corrected chi connectivity index (χ1v) is 13.5. The van der Waals surface area contributed by atoms with E-state index in [1.807, 2.05) is 35.7 Å². The van der Waals surface area contributed by atoms with Crippen molar-refractivity contribution in [2.24, 2.45) is 0 Å². The summed E-state index contributed by atoms with van der Waals surface area (Å²) in [6.07, 6.45) is 1.56. The molecular formula is C25H16Cl3N3O3S2. The van der Waals surface area contributed by atoms with Crippen LogP contribution in [0, 0.1) is 0 Å². The van der Waals surface area contributed by atoms with Crippen LogP contribution in [-0.4, -0.2) is 20.7 Å². The van der Waals surface area contributed by atoms with Crippen LogP contribution in [0.4, 0.5) is 5.69 Å². The minimum absolute atomic E-state index is 0.225. The predicted molar refractivity (Wildman–Crippen MR) is 148 cm³/mol. The van der Waals surface area contributed by atoms with E-state index in [4.69, 9.17) is 44.2 Å². The molecule has 3 heterocycles. The Morgan fingerprint density at radius 1 is 1.11 bits per heavy atom. The van der Waals surface area contributed by atoms with Crippen molar-refractivity contribution in [2.75, 3.05) is 5.32 Å². The topological polar surface area (TPSA) is 77.1 Å². The molecule has 1 atom stereocenters. The molecule has 0 bridgehead atoms. The number of aromatic nitrogens is 2. The lowest BCUT2D eigenvalue weighted by atomic mass is 10.2. The lowest BCUT2D eigenvalue weighted by Crippen LogP contribution is -2.26. The third-order valence-electron chi connectivity index (χ3n) is 5.28. The van der Waals surface area contributed by atoms with Gasteiger partial charge < -0.3 is 9.73 Å². The predicted octanol–water partition coefficient (Wildman–Crippen LogP) is 7.79. The van der Waals surface area contributed by atoms with Crippen molar-refractivity contribution >= 4 is 79.7 Å². The number of carbonyl (C=O) groups is 1. The van der Waals surface area contributed by atoms with Crippen molar-refractivity contribution in [3.05, 3.63) is 91.7 Å². The van der Waals surface area contributed by atoms with Gasteiger partial charge in [-0.3, -0.25) is 14.2 Å². The minimum atomic E-state index is -0.642. The average Bonchev–Trinajstić information content (AvgIpc) is 3.52. The van der Waals surface area contributed by atoms with Crippen molar-refractivity contribution < 1.29 is 9.21 Å². The highest BCUT2D eigenvalue weighted by atomic mass is 35.5. The summed E-state index contributed by atoms with van der Waals surface area (Å²) in [5.74, 6) is 0.229. The normalized spacial score (nSPS) is 12.1. The fraction of sp³-hybridized carbons (Fsp3) is 0.0800. The summed E-state index contributed by atoms with van der Waals surface area (Å²) in [7, 11) is 0. The molecule has 0 saturated heterocycles. The Kier molecular flexibility index (Phi) is 7.14. The van der Waals surface area contributed by atoms with E-state index in [2.05, 4.69) is 5.32 Å². The maximum atomic E-state index is 13.8. The van der Waals surface area contributed by atoms with E-state index >= 15 is 0 Å². The number of hydrogen-bond acceptors (Lipinski definition) is 6. The monoisotopic (exact) mass is 575 g/mol. The summed E-state index contributed by atoms with van der Waals surface area (Å²) in [6.45, 7) is 1.71. The number of para-hydroxylation sites is 1.